The summed E-state index contributed by atoms with van der Waals surface area (Å²) in [6, 6.07) is 0. The van der Waals surface area contributed by atoms with Gasteiger partial charge in [-0.25, -0.2) is 0 Å². The Labute approximate surface area is 202 Å². The Morgan fingerprint density at radius 2 is 0.906 bits per heavy atom. The fourth-order valence-corrected chi connectivity index (χ4v) is 4.43. The first-order valence-electron chi connectivity index (χ1n) is 13.9. The molecule has 0 saturated carbocycles. The lowest BCUT2D eigenvalue weighted by atomic mass is 9.85. The third-order valence-electron chi connectivity index (χ3n) is 6.61. The van der Waals surface area contributed by atoms with Gasteiger partial charge in [0, 0.05) is 24.9 Å². The molecule has 0 aromatic rings. The van der Waals surface area contributed by atoms with E-state index in [4.69, 9.17) is 0 Å². The van der Waals surface area contributed by atoms with Gasteiger partial charge in [0.05, 0.1) is 6.10 Å². The number of unbranched alkanes of at least 4 members (excludes halogenated alkanes) is 4. The second-order valence-electron chi connectivity index (χ2n) is 9.64. The molecule has 0 aliphatic carbocycles. The maximum Gasteiger partial charge on any atom is 0.0626 e. The molecule has 0 fully saturated rings. The highest BCUT2D eigenvalue weighted by atomic mass is 16.3. The number of rotatable bonds is 22. The number of aliphatic hydroxyl groups is 1. The topological polar surface area (TPSA) is 26.7 Å². The van der Waals surface area contributed by atoms with Crippen LogP contribution in [0.1, 0.15) is 106 Å². The van der Waals surface area contributed by atoms with E-state index in [1.54, 1.807) is 0 Å². The van der Waals surface area contributed by atoms with Crippen LogP contribution in [0.4, 0.5) is 0 Å². The number of hydrogen-bond acceptors (Lipinski definition) is 3. The lowest BCUT2D eigenvalue weighted by Gasteiger charge is -2.36. The molecule has 0 saturated heterocycles. The van der Waals surface area contributed by atoms with Crippen molar-refractivity contribution in [1.29, 1.82) is 0 Å². The maximum absolute atomic E-state index is 11.7. The van der Waals surface area contributed by atoms with Gasteiger partial charge in [0.1, 0.15) is 0 Å². The van der Waals surface area contributed by atoms with E-state index in [2.05, 4.69) is 75.6 Å². The van der Waals surface area contributed by atoms with Gasteiger partial charge >= 0.3 is 0 Å². The minimum atomic E-state index is -0.265. The minimum Gasteiger partial charge on any atom is -0.392 e. The molecule has 2 unspecified atom stereocenters. The van der Waals surface area contributed by atoms with E-state index in [1.165, 1.54) is 51.4 Å². The van der Waals surface area contributed by atoms with E-state index >= 15 is 0 Å². The summed E-state index contributed by atoms with van der Waals surface area (Å²) in [6.07, 6.45) is 20.5. The summed E-state index contributed by atoms with van der Waals surface area (Å²) in [6.45, 7) is 20.0. The van der Waals surface area contributed by atoms with Crippen molar-refractivity contribution in [3.05, 3.63) is 24.3 Å². The molecule has 0 bridgehead atoms. The summed E-state index contributed by atoms with van der Waals surface area (Å²) in [5, 5.41) is 11.7. The van der Waals surface area contributed by atoms with E-state index < -0.39 is 0 Å². The zero-order valence-corrected chi connectivity index (χ0v) is 22.7. The fraction of sp³-hybridized carbons (Fsp3) is 0.862. The smallest absolute Gasteiger partial charge is 0.0626 e. The van der Waals surface area contributed by atoms with Crippen LogP contribution in [0.25, 0.3) is 0 Å². The lowest BCUT2D eigenvalue weighted by Crippen LogP contribution is -2.43. The normalized spacial score (nSPS) is 15.4. The molecule has 3 nitrogen and oxygen atoms in total. The molecule has 0 spiro atoms. The maximum atomic E-state index is 11.7. The molecule has 0 heterocycles. The summed E-state index contributed by atoms with van der Waals surface area (Å²) >= 11 is 0. The van der Waals surface area contributed by atoms with E-state index in [-0.39, 0.29) is 6.10 Å². The standard InChI is InChI=1S/C29H58N2O/c1-7-13-19-27(25-30(21-15-9-3)22-16-10-4)29(32)28(20-14-8-2)26-31(23-17-11-5)24-18-12-6/h7-8,13-14,27-29,32H,9-12,15-26H2,1-6H3. The van der Waals surface area contributed by atoms with Crippen LogP contribution in [0.2, 0.25) is 0 Å². The second kappa shape index (κ2) is 22.2. The van der Waals surface area contributed by atoms with Gasteiger partial charge in [0.15, 0.2) is 0 Å². The molecule has 2 atom stereocenters. The average Bonchev–Trinajstić information content (AvgIpc) is 2.81. The summed E-state index contributed by atoms with van der Waals surface area (Å²) in [5.74, 6) is 0.601. The van der Waals surface area contributed by atoms with Crippen LogP contribution in [0.15, 0.2) is 24.3 Å². The van der Waals surface area contributed by atoms with Crippen molar-refractivity contribution < 1.29 is 5.11 Å². The van der Waals surface area contributed by atoms with E-state index in [0.29, 0.717) is 11.8 Å². The van der Waals surface area contributed by atoms with Gasteiger partial charge in [-0.1, -0.05) is 77.7 Å². The predicted octanol–water partition coefficient (Wildman–Crippen LogP) is 7.32. The molecule has 190 valence electrons. The Balaban J connectivity index is 5.49. The van der Waals surface area contributed by atoms with Crippen molar-refractivity contribution in [2.24, 2.45) is 11.8 Å². The largest absolute Gasteiger partial charge is 0.392 e. The summed E-state index contributed by atoms with van der Waals surface area (Å²) in [5.41, 5.74) is 0. The first kappa shape index (κ1) is 31.4. The monoisotopic (exact) mass is 450 g/mol. The Morgan fingerprint density at radius 1 is 0.594 bits per heavy atom. The molecule has 0 aromatic carbocycles. The van der Waals surface area contributed by atoms with Gasteiger partial charge in [0.2, 0.25) is 0 Å². The third-order valence-corrected chi connectivity index (χ3v) is 6.61. The van der Waals surface area contributed by atoms with E-state index in [1.807, 2.05) is 0 Å². The van der Waals surface area contributed by atoms with Gasteiger partial charge in [-0.2, -0.15) is 0 Å². The fourth-order valence-electron chi connectivity index (χ4n) is 4.43. The molecule has 1 N–H and O–H groups in total. The Hall–Kier alpha value is -0.640. The second-order valence-corrected chi connectivity index (χ2v) is 9.64. The van der Waals surface area contributed by atoms with Crippen LogP contribution in [0.5, 0.6) is 0 Å². The van der Waals surface area contributed by atoms with Crippen molar-refractivity contribution in [1.82, 2.24) is 9.80 Å². The molecule has 0 aliphatic rings. The van der Waals surface area contributed by atoms with Crippen molar-refractivity contribution in [3.63, 3.8) is 0 Å². The van der Waals surface area contributed by atoms with Crippen LogP contribution in [0, 0.1) is 11.8 Å². The summed E-state index contributed by atoms with van der Waals surface area (Å²) < 4.78 is 0. The van der Waals surface area contributed by atoms with Crippen molar-refractivity contribution in [2.75, 3.05) is 39.3 Å². The van der Waals surface area contributed by atoms with Crippen LogP contribution in [-0.4, -0.2) is 60.3 Å². The highest BCUT2D eigenvalue weighted by Gasteiger charge is 2.29. The third kappa shape index (κ3) is 15.2. The predicted molar refractivity (Wildman–Crippen MR) is 144 cm³/mol. The summed E-state index contributed by atoms with van der Waals surface area (Å²) in [4.78, 5) is 5.26. The highest BCUT2D eigenvalue weighted by Crippen LogP contribution is 2.24. The average molecular weight is 451 g/mol. The molecule has 0 aromatic heterocycles. The van der Waals surface area contributed by atoms with Crippen LogP contribution < -0.4 is 0 Å². The van der Waals surface area contributed by atoms with Gasteiger partial charge in [0.25, 0.3) is 0 Å². The minimum absolute atomic E-state index is 0.265. The number of allylic oxidation sites excluding steroid dienone is 4. The zero-order valence-electron chi connectivity index (χ0n) is 22.7. The van der Waals surface area contributed by atoms with E-state index in [0.717, 1.165) is 52.1 Å². The molecule has 32 heavy (non-hydrogen) atoms. The zero-order chi connectivity index (χ0) is 24.0. The number of nitrogens with zero attached hydrogens (tertiary/aromatic N) is 2. The lowest BCUT2D eigenvalue weighted by molar-refractivity contribution is 0.0179. The van der Waals surface area contributed by atoms with Gasteiger partial charge in [-0.15, -0.1) is 0 Å². The molecule has 0 amide bonds. The molecule has 0 radical (unpaired) electrons. The Morgan fingerprint density at radius 3 is 1.16 bits per heavy atom. The number of hydrogen-bond donors (Lipinski definition) is 1. The SMILES string of the molecule is CC=CCC(CN(CCCC)CCCC)C(O)C(CC=CC)CN(CCCC)CCCC. The Kier molecular flexibility index (Phi) is 21.7. The molecule has 3 heteroatoms. The molecule has 0 aliphatic heterocycles. The van der Waals surface area contributed by atoms with Crippen LogP contribution in [-0.2, 0) is 0 Å². The quantitative estimate of drug-likeness (QED) is 0.175. The first-order chi connectivity index (χ1) is 15.6. The van der Waals surface area contributed by atoms with Gasteiger partial charge in [-0.3, -0.25) is 0 Å². The first-order valence-corrected chi connectivity index (χ1v) is 13.9. The van der Waals surface area contributed by atoms with Crippen molar-refractivity contribution >= 4 is 0 Å². The van der Waals surface area contributed by atoms with Gasteiger partial charge in [-0.05, 0) is 78.6 Å². The number of aliphatic hydroxyl groups excluding tert-OH is 1. The van der Waals surface area contributed by atoms with Crippen LogP contribution >= 0.6 is 0 Å². The molecule has 0 rings (SSSR count). The molecular weight excluding hydrogens is 392 g/mol. The van der Waals surface area contributed by atoms with Crippen molar-refractivity contribution in [3.8, 4) is 0 Å². The van der Waals surface area contributed by atoms with Gasteiger partial charge < -0.3 is 14.9 Å². The van der Waals surface area contributed by atoms with Crippen LogP contribution in [0.3, 0.4) is 0 Å². The Bertz CT molecular complexity index is 392. The van der Waals surface area contributed by atoms with E-state index in [9.17, 15) is 5.11 Å². The highest BCUT2D eigenvalue weighted by molar-refractivity contribution is 4.91. The molecular formula is C29H58N2O. The van der Waals surface area contributed by atoms with Crippen molar-refractivity contribution in [2.45, 2.75) is 112 Å². The summed E-state index contributed by atoms with van der Waals surface area (Å²) in [7, 11) is 0.